The Kier molecular flexibility index (Phi) is 7.54. The number of halogens is 11. The number of benzene rings is 2. The fraction of sp³-hybridized carbons (Fsp3) is 0.333. The van der Waals surface area contributed by atoms with E-state index in [2.05, 4.69) is 31.9 Å². The van der Waals surface area contributed by atoms with E-state index in [1.807, 2.05) is 0 Å². The van der Waals surface area contributed by atoms with Gasteiger partial charge in [0.1, 0.15) is 0 Å². The summed E-state index contributed by atoms with van der Waals surface area (Å²) in [6.07, 6.45) is -7.18. The number of hydrogen-bond donors (Lipinski definition) is 0. The van der Waals surface area contributed by atoms with Gasteiger partial charge in [0.15, 0.2) is 0 Å². The fourth-order valence-corrected chi connectivity index (χ4v) is 9.09. The maximum Gasteiger partial charge on any atom is 0.461 e. The molecule has 1 aliphatic carbocycles. The van der Waals surface area contributed by atoms with Gasteiger partial charge in [-0.25, -0.2) is 8.42 Å². The Balaban J connectivity index is 2.31. The summed E-state index contributed by atoms with van der Waals surface area (Å²) in [5.41, 5.74) is 0.361. The molecule has 14 heteroatoms. The molecule has 2 aromatic carbocycles. The van der Waals surface area contributed by atoms with Crippen molar-refractivity contribution in [3.8, 4) is 0 Å². The molecule has 2 atom stereocenters. The lowest BCUT2D eigenvalue weighted by Crippen LogP contribution is -2.56. The molecule has 0 heterocycles. The molecule has 0 bridgehead atoms. The van der Waals surface area contributed by atoms with Crippen molar-refractivity contribution < 1.29 is 39.2 Å². The smallest absolute Gasteiger partial charge is 0.217 e. The van der Waals surface area contributed by atoms with Crippen LogP contribution >= 0.6 is 55.1 Å². The highest BCUT2D eigenvalue weighted by molar-refractivity contribution is 9.10. The van der Waals surface area contributed by atoms with E-state index in [4.69, 9.17) is 23.2 Å². The predicted octanol–water partition coefficient (Wildman–Crippen LogP) is 8.76. The van der Waals surface area contributed by atoms with Crippen molar-refractivity contribution in [3.63, 3.8) is 0 Å². The number of alkyl halides is 9. The molecule has 2 unspecified atom stereocenters. The lowest BCUT2D eigenvalue weighted by molar-refractivity contribution is -0.331. The molecule has 35 heavy (non-hydrogen) atoms. The minimum atomic E-state index is -6.87. The minimum absolute atomic E-state index is 0.0562. The molecule has 0 amide bonds. The molecule has 0 saturated heterocycles. The van der Waals surface area contributed by atoms with E-state index in [0.717, 1.165) is 0 Å². The van der Waals surface area contributed by atoms with Gasteiger partial charge in [-0.1, -0.05) is 91.5 Å². The molecule has 0 aromatic heterocycles. The molecule has 0 aliphatic heterocycles. The average Bonchev–Trinajstić information content (AvgIpc) is 2.72. The molecule has 3 rings (SSSR count). The standard InChI is InChI=1S/C21H13Br2Cl2F7O2S/c22-17(13-5-1-3-7-15(13)24)9-12(10-18(23,11-17)14-6-2-4-8-16(14)25)35(33,34)21(31,32)19(26,27)20(28,29)30/h1-9H,10-11H2. The highest BCUT2D eigenvalue weighted by atomic mass is 79.9. The van der Waals surface area contributed by atoms with Crippen LogP contribution in [0.4, 0.5) is 30.7 Å². The first-order chi connectivity index (χ1) is 15.8. The van der Waals surface area contributed by atoms with Crippen LogP contribution in [0.1, 0.15) is 24.0 Å². The Morgan fingerprint density at radius 3 is 1.71 bits per heavy atom. The third-order valence-corrected chi connectivity index (χ3v) is 9.93. The van der Waals surface area contributed by atoms with E-state index in [1.54, 1.807) is 0 Å². The van der Waals surface area contributed by atoms with Crippen molar-refractivity contribution in [2.45, 2.75) is 38.8 Å². The van der Waals surface area contributed by atoms with E-state index in [1.165, 1.54) is 48.5 Å². The summed E-state index contributed by atoms with van der Waals surface area (Å²) in [6.45, 7) is 0. The lowest BCUT2D eigenvalue weighted by Gasteiger charge is -2.42. The van der Waals surface area contributed by atoms with Gasteiger partial charge in [-0.3, -0.25) is 0 Å². The van der Waals surface area contributed by atoms with Crippen LogP contribution in [0.3, 0.4) is 0 Å². The molecule has 1 aliphatic rings. The van der Waals surface area contributed by atoms with Crippen LogP contribution in [0.15, 0.2) is 59.5 Å². The zero-order chi connectivity index (χ0) is 26.7. The molecule has 2 nitrogen and oxygen atoms in total. The van der Waals surface area contributed by atoms with E-state index < -0.39 is 47.2 Å². The Labute approximate surface area is 222 Å². The second-order valence-corrected chi connectivity index (χ2v) is 13.6. The summed E-state index contributed by atoms with van der Waals surface area (Å²) in [6, 6.07) is 11.8. The van der Waals surface area contributed by atoms with Gasteiger partial charge in [-0.2, -0.15) is 30.7 Å². The maximum atomic E-state index is 14.5. The summed E-state index contributed by atoms with van der Waals surface area (Å²) in [5, 5.41) is -6.38. The Bertz CT molecular complexity index is 1280. The first-order valence-electron chi connectivity index (χ1n) is 9.47. The normalized spacial score (nSPS) is 24.3. The van der Waals surface area contributed by atoms with Gasteiger partial charge in [-0.05, 0) is 35.8 Å². The van der Waals surface area contributed by atoms with Gasteiger partial charge < -0.3 is 0 Å². The highest BCUT2D eigenvalue weighted by Crippen LogP contribution is 2.60. The van der Waals surface area contributed by atoms with Crippen molar-refractivity contribution in [2.75, 3.05) is 0 Å². The van der Waals surface area contributed by atoms with Crippen LogP contribution in [0.2, 0.25) is 10.0 Å². The summed E-state index contributed by atoms with van der Waals surface area (Å²) in [5.74, 6) is -6.87. The largest absolute Gasteiger partial charge is 0.461 e. The zero-order valence-electron chi connectivity index (χ0n) is 17.0. The number of allylic oxidation sites excluding steroid dienone is 2. The van der Waals surface area contributed by atoms with Gasteiger partial charge in [0, 0.05) is 16.5 Å². The van der Waals surface area contributed by atoms with E-state index in [9.17, 15) is 39.2 Å². The van der Waals surface area contributed by atoms with Crippen LogP contribution in [-0.4, -0.2) is 25.8 Å². The van der Waals surface area contributed by atoms with Crippen LogP contribution in [-0.2, 0) is 18.5 Å². The van der Waals surface area contributed by atoms with Gasteiger partial charge >= 0.3 is 17.4 Å². The Hall–Kier alpha value is -0.820. The molecule has 0 saturated carbocycles. The summed E-state index contributed by atoms with van der Waals surface area (Å²) in [7, 11) is -6.57. The highest BCUT2D eigenvalue weighted by Gasteiger charge is 2.79. The second kappa shape index (κ2) is 9.18. The molecule has 0 radical (unpaired) electrons. The van der Waals surface area contributed by atoms with E-state index >= 15 is 0 Å². The molecule has 0 spiro atoms. The van der Waals surface area contributed by atoms with Gasteiger partial charge in [0.25, 0.3) is 0 Å². The first kappa shape index (κ1) is 28.7. The van der Waals surface area contributed by atoms with Crippen molar-refractivity contribution >= 4 is 64.9 Å². The number of sulfone groups is 1. The monoisotopic (exact) mass is 690 g/mol. The molecule has 0 N–H and O–H groups in total. The molecule has 2 aromatic rings. The summed E-state index contributed by atoms with van der Waals surface area (Å²) < 4.78 is 117. The van der Waals surface area contributed by atoms with Crippen molar-refractivity contribution in [3.05, 3.63) is 80.7 Å². The van der Waals surface area contributed by atoms with Crippen molar-refractivity contribution in [2.24, 2.45) is 0 Å². The molecular weight excluding hydrogens is 680 g/mol. The summed E-state index contributed by atoms with van der Waals surface area (Å²) in [4.78, 5) is -1.36. The van der Waals surface area contributed by atoms with E-state index in [-0.39, 0.29) is 27.6 Å². The van der Waals surface area contributed by atoms with Gasteiger partial charge in [0.2, 0.25) is 9.84 Å². The van der Waals surface area contributed by atoms with Crippen LogP contribution in [0.25, 0.3) is 0 Å². The van der Waals surface area contributed by atoms with Crippen LogP contribution in [0, 0.1) is 0 Å². The average molecular weight is 693 g/mol. The van der Waals surface area contributed by atoms with Gasteiger partial charge in [-0.15, -0.1) is 0 Å². The number of hydrogen-bond acceptors (Lipinski definition) is 2. The second-order valence-electron chi connectivity index (χ2n) is 7.84. The minimum Gasteiger partial charge on any atom is -0.217 e. The quantitative estimate of drug-likeness (QED) is 0.232. The van der Waals surface area contributed by atoms with E-state index in [0.29, 0.717) is 6.08 Å². The predicted molar refractivity (Wildman–Crippen MR) is 126 cm³/mol. The third kappa shape index (κ3) is 4.78. The van der Waals surface area contributed by atoms with Crippen molar-refractivity contribution in [1.82, 2.24) is 0 Å². The van der Waals surface area contributed by atoms with Crippen LogP contribution in [0.5, 0.6) is 0 Å². The third-order valence-electron chi connectivity index (χ3n) is 5.46. The van der Waals surface area contributed by atoms with Crippen LogP contribution < -0.4 is 0 Å². The Morgan fingerprint density at radius 2 is 1.26 bits per heavy atom. The molecule has 0 fully saturated rings. The molecular formula is C21H13Br2Cl2F7O2S. The SMILES string of the molecule is O=S(=O)(C1=CC(Br)(c2ccccc2Cl)CC(Br)(c2ccccc2Cl)C1)C(F)(F)C(F)(F)C(F)(F)F. The fourth-order valence-electron chi connectivity index (χ4n) is 3.76. The zero-order valence-corrected chi connectivity index (χ0v) is 22.5. The van der Waals surface area contributed by atoms with Crippen molar-refractivity contribution in [1.29, 1.82) is 0 Å². The topological polar surface area (TPSA) is 34.1 Å². The van der Waals surface area contributed by atoms with Gasteiger partial charge in [0.05, 0.1) is 13.6 Å². The first-order valence-corrected chi connectivity index (χ1v) is 13.3. The lowest BCUT2D eigenvalue weighted by atomic mass is 9.78. The Morgan fingerprint density at radius 1 is 0.800 bits per heavy atom. The summed E-state index contributed by atoms with van der Waals surface area (Å²) >= 11 is 19.1. The number of rotatable bonds is 5. The maximum absolute atomic E-state index is 14.5. The molecule has 192 valence electrons.